The van der Waals surface area contributed by atoms with Gasteiger partial charge in [0.15, 0.2) is 11.6 Å². The van der Waals surface area contributed by atoms with E-state index >= 15 is 0 Å². The Hall–Kier alpha value is -1.46. The number of hydrogen-bond donors (Lipinski definition) is 1. The van der Waals surface area contributed by atoms with E-state index in [1.54, 1.807) is 4.57 Å². The lowest BCUT2D eigenvalue weighted by Gasteiger charge is -2.12. The molecule has 0 saturated carbocycles. The molecular formula is C13H15ClFN3O. The molecule has 0 unspecified atom stereocenters. The predicted octanol–water partition coefficient (Wildman–Crippen LogP) is 2.89. The molecule has 19 heavy (non-hydrogen) atoms. The standard InChI is InChI=1S/C13H15ClFN3O/c1-8(2)6-18-12(7-19)16-17-13(18)10-5-9(14)3-4-11(10)15/h3-5,8,19H,6-7H2,1-2H3. The molecule has 4 nitrogen and oxygen atoms in total. The van der Waals surface area contributed by atoms with Crippen LogP contribution in [0.3, 0.4) is 0 Å². The number of rotatable bonds is 4. The molecule has 2 aromatic rings. The van der Waals surface area contributed by atoms with Gasteiger partial charge in [-0.1, -0.05) is 25.4 Å². The molecule has 0 bridgehead atoms. The van der Waals surface area contributed by atoms with Crippen LogP contribution in [0, 0.1) is 11.7 Å². The van der Waals surface area contributed by atoms with Gasteiger partial charge in [-0.2, -0.15) is 0 Å². The molecule has 102 valence electrons. The van der Waals surface area contributed by atoms with Crippen LogP contribution in [0.2, 0.25) is 5.02 Å². The van der Waals surface area contributed by atoms with Crippen LogP contribution in [0.4, 0.5) is 4.39 Å². The smallest absolute Gasteiger partial charge is 0.167 e. The Bertz CT molecular complexity index is 583. The molecule has 0 spiro atoms. The quantitative estimate of drug-likeness (QED) is 0.939. The fourth-order valence-electron chi connectivity index (χ4n) is 1.88. The highest BCUT2D eigenvalue weighted by Crippen LogP contribution is 2.26. The van der Waals surface area contributed by atoms with Gasteiger partial charge in [0.1, 0.15) is 12.4 Å². The summed E-state index contributed by atoms with van der Waals surface area (Å²) >= 11 is 5.89. The van der Waals surface area contributed by atoms with Crippen molar-refractivity contribution in [2.45, 2.75) is 27.0 Å². The maximum Gasteiger partial charge on any atom is 0.167 e. The highest BCUT2D eigenvalue weighted by molar-refractivity contribution is 6.30. The first-order chi connectivity index (χ1) is 9.02. The maximum absolute atomic E-state index is 13.9. The first kappa shape index (κ1) is 14.0. The molecule has 0 fully saturated rings. The second-order valence-electron chi connectivity index (χ2n) is 4.73. The average Bonchev–Trinajstić information content (AvgIpc) is 2.74. The zero-order chi connectivity index (χ0) is 14.0. The fourth-order valence-corrected chi connectivity index (χ4v) is 2.05. The molecule has 1 aromatic heterocycles. The highest BCUT2D eigenvalue weighted by atomic mass is 35.5. The van der Waals surface area contributed by atoms with Gasteiger partial charge in [-0.25, -0.2) is 4.39 Å². The summed E-state index contributed by atoms with van der Waals surface area (Å²) in [7, 11) is 0. The van der Waals surface area contributed by atoms with E-state index in [0.29, 0.717) is 34.7 Å². The molecular weight excluding hydrogens is 269 g/mol. The van der Waals surface area contributed by atoms with Crippen LogP contribution in [0.5, 0.6) is 0 Å². The second-order valence-corrected chi connectivity index (χ2v) is 5.16. The lowest BCUT2D eigenvalue weighted by atomic mass is 10.1. The third kappa shape index (κ3) is 2.93. The molecule has 0 atom stereocenters. The molecule has 6 heteroatoms. The minimum Gasteiger partial charge on any atom is -0.388 e. The Balaban J connectivity index is 2.55. The van der Waals surface area contributed by atoms with Crippen molar-refractivity contribution in [3.8, 4) is 11.4 Å². The summed E-state index contributed by atoms with van der Waals surface area (Å²) in [6, 6.07) is 4.29. The van der Waals surface area contributed by atoms with E-state index in [0.717, 1.165) is 0 Å². The summed E-state index contributed by atoms with van der Waals surface area (Å²) < 4.78 is 15.6. The van der Waals surface area contributed by atoms with Gasteiger partial charge < -0.3 is 9.67 Å². The molecule has 0 radical (unpaired) electrons. The Morgan fingerprint density at radius 1 is 1.37 bits per heavy atom. The van der Waals surface area contributed by atoms with E-state index in [1.165, 1.54) is 18.2 Å². The Morgan fingerprint density at radius 2 is 2.11 bits per heavy atom. The molecule has 0 aliphatic rings. The lowest BCUT2D eigenvalue weighted by molar-refractivity contribution is 0.262. The number of aliphatic hydroxyl groups excluding tert-OH is 1. The average molecular weight is 284 g/mol. The van der Waals surface area contributed by atoms with Gasteiger partial charge in [0.25, 0.3) is 0 Å². The van der Waals surface area contributed by atoms with Crippen LogP contribution in [0.1, 0.15) is 19.7 Å². The van der Waals surface area contributed by atoms with Gasteiger partial charge in [0.05, 0.1) is 5.56 Å². The summed E-state index contributed by atoms with van der Waals surface area (Å²) in [6.07, 6.45) is 0. The van der Waals surface area contributed by atoms with E-state index < -0.39 is 5.82 Å². The Morgan fingerprint density at radius 3 is 2.74 bits per heavy atom. The summed E-state index contributed by atoms with van der Waals surface area (Å²) in [5.74, 6) is 0.717. The number of aliphatic hydroxyl groups is 1. The molecule has 1 aromatic carbocycles. The van der Waals surface area contributed by atoms with E-state index in [2.05, 4.69) is 10.2 Å². The van der Waals surface area contributed by atoms with Crippen molar-refractivity contribution >= 4 is 11.6 Å². The lowest BCUT2D eigenvalue weighted by Crippen LogP contribution is -2.10. The minimum absolute atomic E-state index is 0.234. The first-order valence-electron chi connectivity index (χ1n) is 6.01. The van der Waals surface area contributed by atoms with Crippen molar-refractivity contribution in [3.05, 3.63) is 34.9 Å². The van der Waals surface area contributed by atoms with Gasteiger partial charge in [-0.15, -0.1) is 10.2 Å². The second kappa shape index (κ2) is 5.67. The molecule has 1 heterocycles. The first-order valence-corrected chi connectivity index (χ1v) is 6.39. The minimum atomic E-state index is -0.411. The zero-order valence-electron chi connectivity index (χ0n) is 10.8. The molecule has 2 rings (SSSR count). The van der Waals surface area contributed by atoms with E-state index in [1.807, 2.05) is 13.8 Å². The fraction of sp³-hybridized carbons (Fsp3) is 0.385. The number of hydrogen-bond acceptors (Lipinski definition) is 3. The number of nitrogens with zero attached hydrogens (tertiary/aromatic N) is 3. The van der Waals surface area contributed by atoms with E-state index in [-0.39, 0.29) is 6.61 Å². The van der Waals surface area contributed by atoms with Gasteiger partial charge in [0, 0.05) is 11.6 Å². The van der Waals surface area contributed by atoms with Crippen LogP contribution in [0.15, 0.2) is 18.2 Å². The van der Waals surface area contributed by atoms with Gasteiger partial charge >= 0.3 is 0 Å². The number of aromatic nitrogens is 3. The summed E-state index contributed by atoms with van der Waals surface area (Å²) in [6.45, 7) is 4.42. The van der Waals surface area contributed by atoms with Gasteiger partial charge in [0.2, 0.25) is 0 Å². The summed E-state index contributed by atoms with van der Waals surface area (Å²) in [5, 5.41) is 17.6. The number of halogens is 2. The Kier molecular flexibility index (Phi) is 4.17. The molecule has 0 amide bonds. The van der Waals surface area contributed by atoms with Crippen LogP contribution in [-0.2, 0) is 13.2 Å². The van der Waals surface area contributed by atoms with Crippen LogP contribution in [-0.4, -0.2) is 19.9 Å². The SMILES string of the molecule is CC(C)Cn1c(CO)nnc1-c1cc(Cl)ccc1F. The van der Waals surface area contributed by atoms with Crippen molar-refractivity contribution in [2.75, 3.05) is 0 Å². The van der Waals surface area contributed by atoms with E-state index in [4.69, 9.17) is 11.6 Å². The van der Waals surface area contributed by atoms with Crippen LogP contribution >= 0.6 is 11.6 Å². The highest BCUT2D eigenvalue weighted by Gasteiger charge is 2.17. The van der Waals surface area contributed by atoms with Gasteiger partial charge in [-0.05, 0) is 24.1 Å². The van der Waals surface area contributed by atoms with Crippen LogP contribution in [0.25, 0.3) is 11.4 Å². The van der Waals surface area contributed by atoms with Crippen molar-refractivity contribution in [1.29, 1.82) is 0 Å². The van der Waals surface area contributed by atoms with Crippen molar-refractivity contribution in [1.82, 2.24) is 14.8 Å². The third-order valence-electron chi connectivity index (χ3n) is 2.69. The molecule has 1 N–H and O–H groups in total. The molecule has 0 aliphatic heterocycles. The Labute approximate surface area is 115 Å². The normalized spacial score (nSPS) is 11.3. The maximum atomic E-state index is 13.9. The zero-order valence-corrected chi connectivity index (χ0v) is 11.5. The number of benzene rings is 1. The van der Waals surface area contributed by atoms with Crippen molar-refractivity contribution in [3.63, 3.8) is 0 Å². The predicted molar refractivity (Wildman–Crippen MR) is 71.2 cm³/mol. The van der Waals surface area contributed by atoms with Gasteiger partial charge in [-0.3, -0.25) is 0 Å². The largest absolute Gasteiger partial charge is 0.388 e. The summed E-state index contributed by atoms with van der Waals surface area (Å²) in [4.78, 5) is 0. The van der Waals surface area contributed by atoms with E-state index in [9.17, 15) is 9.50 Å². The monoisotopic (exact) mass is 283 g/mol. The van der Waals surface area contributed by atoms with Crippen LogP contribution < -0.4 is 0 Å². The third-order valence-corrected chi connectivity index (χ3v) is 2.92. The molecule has 0 saturated heterocycles. The summed E-state index contributed by atoms with van der Waals surface area (Å²) in [5.41, 5.74) is 0.292. The van der Waals surface area contributed by atoms with Crippen molar-refractivity contribution in [2.24, 2.45) is 5.92 Å². The van der Waals surface area contributed by atoms with Crippen molar-refractivity contribution < 1.29 is 9.50 Å². The molecule has 0 aliphatic carbocycles. The topological polar surface area (TPSA) is 50.9 Å².